The lowest BCUT2D eigenvalue weighted by atomic mass is 9.77. The number of rotatable bonds is 9. The third kappa shape index (κ3) is 6.68. The lowest BCUT2D eigenvalue weighted by molar-refractivity contribution is 0.217. The van der Waals surface area contributed by atoms with Gasteiger partial charge in [0.05, 0.1) is 25.5 Å². The summed E-state index contributed by atoms with van der Waals surface area (Å²) in [6.45, 7) is 16.8. The number of phenols is 1. The van der Waals surface area contributed by atoms with Gasteiger partial charge in [-0.15, -0.1) is 0 Å². The minimum Gasteiger partial charge on any atom is -0.507 e. The van der Waals surface area contributed by atoms with Gasteiger partial charge in [-0.05, 0) is 59.1 Å². The standard InChI is InChI=1S/C26H40NO4P/c1-9-30-32(29,31-10-2)18-27-23(19-14-12-11-13-15-19)20-16-21(25(3,4)5)24(28)22(17-20)26(6,7)8/h11-17,23,27-28H,9-10,18H2,1-8H3. The predicted octanol–water partition coefficient (Wildman–Crippen LogP) is 6.89. The normalized spacial score (nSPS) is 13.9. The maximum absolute atomic E-state index is 13.1. The first-order valence-electron chi connectivity index (χ1n) is 11.4. The maximum atomic E-state index is 13.1. The average molecular weight is 462 g/mol. The lowest BCUT2D eigenvalue weighted by Gasteiger charge is -2.31. The zero-order chi connectivity index (χ0) is 24.2. The molecule has 0 amide bonds. The van der Waals surface area contributed by atoms with Gasteiger partial charge in [0, 0.05) is 0 Å². The Kier molecular flexibility index (Phi) is 8.75. The van der Waals surface area contributed by atoms with Crippen molar-refractivity contribution in [2.75, 3.05) is 19.5 Å². The number of benzene rings is 2. The van der Waals surface area contributed by atoms with Crippen LogP contribution in [-0.2, 0) is 24.4 Å². The van der Waals surface area contributed by atoms with Crippen molar-refractivity contribution in [2.24, 2.45) is 0 Å². The van der Waals surface area contributed by atoms with Gasteiger partial charge in [-0.3, -0.25) is 9.88 Å². The van der Waals surface area contributed by atoms with Crippen molar-refractivity contribution in [1.29, 1.82) is 0 Å². The Morgan fingerprint density at radius 3 is 1.75 bits per heavy atom. The predicted molar refractivity (Wildman–Crippen MR) is 133 cm³/mol. The van der Waals surface area contributed by atoms with Crippen LogP contribution in [0.1, 0.15) is 83.7 Å². The van der Waals surface area contributed by atoms with Crippen LogP contribution < -0.4 is 5.32 Å². The summed E-state index contributed by atoms with van der Waals surface area (Å²) in [5.74, 6) is 0.342. The fraction of sp³-hybridized carbons (Fsp3) is 0.538. The van der Waals surface area contributed by atoms with Gasteiger partial charge in [-0.2, -0.15) is 0 Å². The summed E-state index contributed by atoms with van der Waals surface area (Å²) in [5, 5.41) is 14.6. The molecular weight excluding hydrogens is 421 g/mol. The summed E-state index contributed by atoms with van der Waals surface area (Å²) in [5.41, 5.74) is 3.34. The van der Waals surface area contributed by atoms with Crippen molar-refractivity contribution in [3.63, 3.8) is 0 Å². The molecule has 2 rings (SSSR count). The minimum atomic E-state index is -3.27. The van der Waals surface area contributed by atoms with Crippen molar-refractivity contribution < 1.29 is 18.7 Å². The summed E-state index contributed by atoms with van der Waals surface area (Å²) in [6, 6.07) is 13.9. The van der Waals surface area contributed by atoms with Crippen LogP contribution in [-0.4, -0.2) is 24.6 Å². The molecule has 32 heavy (non-hydrogen) atoms. The van der Waals surface area contributed by atoms with Gasteiger partial charge in [-0.25, -0.2) is 0 Å². The van der Waals surface area contributed by atoms with Crippen molar-refractivity contribution in [2.45, 2.75) is 72.3 Å². The van der Waals surface area contributed by atoms with Crippen LogP contribution in [0.15, 0.2) is 42.5 Å². The van der Waals surface area contributed by atoms with Crippen molar-refractivity contribution in [3.05, 3.63) is 64.7 Å². The number of phenolic OH excluding ortho intramolecular Hbond substituents is 1. The van der Waals surface area contributed by atoms with E-state index in [2.05, 4.69) is 59.0 Å². The molecule has 2 aromatic rings. The topological polar surface area (TPSA) is 67.8 Å². The molecule has 0 spiro atoms. The first-order chi connectivity index (χ1) is 14.8. The van der Waals surface area contributed by atoms with Gasteiger partial charge in [0.1, 0.15) is 5.75 Å². The SMILES string of the molecule is CCOP(=O)(CNC(c1ccccc1)c1cc(C(C)(C)C)c(O)c(C(C)(C)C)c1)OCC. The molecule has 1 atom stereocenters. The van der Waals surface area contributed by atoms with Gasteiger partial charge in [0.2, 0.25) is 0 Å². The van der Waals surface area contributed by atoms with Crippen LogP contribution in [0.5, 0.6) is 5.75 Å². The molecule has 0 saturated carbocycles. The van der Waals surface area contributed by atoms with Gasteiger partial charge in [0.25, 0.3) is 0 Å². The Hall–Kier alpha value is -1.65. The van der Waals surface area contributed by atoms with E-state index in [-0.39, 0.29) is 23.2 Å². The summed E-state index contributed by atoms with van der Waals surface area (Å²) < 4.78 is 24.1. The third-order valence-electron chi connectivity index (χ3n) is 5.36. The summed E-state index contributed by atoms with van der Waals surface area (Å²) in [7, 11) is -3.27. The quantitative estimate of drug-likeness (QED) is 0.398. The number of aromatic hydroxyl groups is 1. The molecule has 5 nitrogen and oxygen atoms in total. The summed E-state index contributed by atoms with van der Waals surface area (Å²) >= 11 is 0. The highest BCUT2D eigenvalue weighted by Gasteiger charge is 2.30. The lowest BCUT2D eigenvalue weighted by Crippen LogP contribution is -2.26. The summed E-state index contributed by atoms with van der Waals surface area (Å²) in [6.07, 6.45) is 0.0881. The van der Waals surface area contributed by atoms with Crippen LogP contribution >= 0.6 is 7.60 Å². The molecule has 1 unspecified atom stereocenters. The molecule has 0 aliphatic carbocycles. The average Bonchev–Trinajstić information content (AvgIpc) is 2.68. The molecule has 0 radical (unpaired) electrons. The Balaban J connectivity index is 2.63. The Morgan fingerprint density at radius 1 is 0.875 bits per heavy atom. The van der Waals surface area contributed by atoms with E-state index in [1.54, 1.807) is 0 Å². The largest absolute Gasteiger partial charge is 0.507 e. The second-order valence-electron chi connectivity index (χ2n) is 10.1. The van der Waals surface area contributed by atoms with E-state index >= 15 is 0 Å². The molecule has 0 saturated heterocycles. The van der Waals surface area contributed by atoms with Gasteiger partial charge < -0.3 is 14.2 Å². The second kappa shape index (κ2) is 10.5. The molecule has 2 N–H and O–H groups in total. The Bertz CT molecular complexity index is 884. The number of hydrogen-bond acceptors (Lipinski definition) is 5. The van der Waals surface area contributed by atoms with Crippen molar-refractivity contribution in [1.82, 2.24) is 5.32 Å². The molecule has 6 heteroatoms. The Morgan fingerprint density at radius 2 is 1.34 bits per heavy atom. The molecule has 0 aromatic heterocycles. The van der Waals surface area contributed by atoms with E-state index in [0.29, 0.717) is 19.0 Å². The fourth-order valence-electron chi connectivity index (χ4n) is 3.77. The Labute approximate surface area is 194 Å². The smallest absolute Gasteiger partial charge is 0.344 e. The second-order valence-corrected chi connectivity index (χ2v) is 12.2. The fourth-order valence-corrected chi connectivity index (χ4v) is 5.22. The van der Waals surface area contributed by atoms with E-state index < -0.39 is 7.60 Å². The van der Waals surface area contributed by atoms with Crippen molar-refractivity contribution in [3.8, 4) is 5.75 Å². The zero-order valence-electron chi connectivity index (χ0n) is 20.9. The van der Waals surface area contributed by atoms with E-state index in [9.17, 15) is 9.67 Å². The first-order valence-corrected chi connectivity index (χ1v) is 13.1. The highest BCUT2D eigenvalue weighted by atomic mass is 31.2. The highest BCUT2D eigenvalue weighted by molar-refractivity contribution is 7.53. The third-order valence-corrected chi connectivity index (χ3v) is 7.23. The molecule has 2 aromatic carbocycles. The summed E-state index contributed by atoms with van der Waals surface area (Å²) in [4.78, 5) is 0. The minimum absolute atomic E-state index is 0.0881. The van der Waals surface area contributed by atoms with Crippen LogP contribution in [0.4, 0.5) is 0 Å². The molecular formula is C26H40NO4P. The number of nitrogens with one attached hydrogen (secondary N) is 1. The molecule has 178 valence electrons. The monoisotopic (exact) mass is 461 g/mol. The van der Waals surface area contributed by atoms with E-state index in [1.165, 1.54) is 0 Å². The van der Waals surface area contributed by atoms with Gasteiger partial charge in [0.15, 0.2) is 0 Å². The highest BCUT2D eigenvalue weighted by Crippen LogP contribution is 2.48. The van der Waals surface area contributed by atoms with Crippen LogP contribution in [0.3, 0.4) is 0 Å². The van der Waals surface area contributed by atoms with Crippen LogP contribution in [0, 0.1) is 0 Å². The van der Waals surface area contributed by atoms with E-state index in [1.807, 2.05) is 44.2 Å². The number of hydrogen-bond donors (Lipinski definition) is 2. The van der Waals surface area contributed by atoms with Gasteiger partial charge >= 0.3 is 7.60 Å². The van der Waals surface area contributed by atoms with E-state index in [0.717, 1.165) is 22.3 Å². The van der Waals surface area contributed by atoms with Crippen molar-refractivity contribution >= 4 is 7.60 Å². The van der Waals surface area contributed by atoms with Crippen LogP contribution in [0.2, 0.25) is 0 Å². The molecule has 0 aliphatic rings. The maximum Gasteiger partial charge on any atom is 0.344 e. The molecule has 0 aliphatic heterocycles. The molecule has 0 heterocycles. The molecule has 0 fully saturated rings. The molecule has 0 bridgehead atoms. The zero-order valence-corrected chi connectivity index (χ0v) is 21.8. The first kappa shape index (κ1) is 26.6. The van der Waals surface area contributed by atoms with E-state index in [4.69, 9.17) is 9.05 Å². The van der Waals surface area contributed by atoms with Gasteiger partial charge in [-0.1, -0.05) is 71.9 Å². The van der Waals surface area contributed by atoms with Crippen LogP contribution in [0.25, 0.3) is 0 Å².